The second-order valence-electron chi connectivity index (χ2n) is 6.35. The second kappa shape index (κ2) is 8.61. The van der Waals surface area contributed by atoms with Gasteiger partial charge in [-0.1, -0.05) is 29.3 Å². The predicted octanol–water partition coefficient (Wildman–Crippen LogP) is 5.84. The molecule has 1 aliphatic heterocycles. The number of ether oxygens (including phenoxy) is 3. The van der Waals surface area contributed by atoms with Crippen LogP contribution in [-0.4, -0.2) is 18.5 Å². The standard InChI is InChI=1S/C23H14Cl2O5/c24-17-6-1-14(19(25)12-17)4-9-20(26)15-2-7-18(8-3-15)30-23(27)16-5-10-21-22(11-16)29-13-28-21/h1-12H,13H2. The molecule has 0 saturated carbocycles. The fourth-order valence-corrected chi connectivity index (χ4v) is 3.25. The van der Waals surface area contributed by atoms with E-state index in [-0.39, 0.29) is 12.6 Å². The number of carbonyl (C=O) groups is 2. The van der Waals surface area contributed by atoms with Crippen LogP contribution in [0.5, 0.6) is 17.2 Å². The van der Waals surface area contributed by atoms with Crippen LogP contribution in [0.2, 0.25) is 10.0 Å². The molecule has 4 rings (SSSR count). The van der Waals surface area contributed by atoms with E-state index in [0.717, 1.165) is 0 Å². The second-order valence-corrected chi connectivity index (χ2v) is 7.19. The van der Waals surface area contributed by atoms with Crippen LogP contribution in [0.15, 0.2) is 66.7 Å². The monoisotopic (exact) mass is 440 g/mol. The molecule has 0 N–H and O–H groups in total. The molecule has 3 aromatic carbocycles. The highest BCUT2D eigenvalue weighted by molar-refractivity contribution is 6.35. The summed E-state index contributed by atoms with van der Waals surface area (Å²) in [7, 11) is 0. The average Bonchev–Trinajstić information content (AvgIpc) is 3.21. The number of hydrogen-bond donors (Lipinski definition) is 0. The molecule has 1 heterocycles. The van der Waals surface area contributed by atoms with Gasteiger partial charge in [-0.05, 0) is 72.3 Å². The summed E-state index contributed by atoms with van der Waals surface area (Å²) >= 11 is 12.0. The fraction of sp³-hybridized carbons (Fsp3) is 0.0435. The first kappa shape index (κ1) is 20.0. The predicted molar refractivity (Wildman–Crippen MR) is 114 cm³/mol. The zero-order chi connectivity index (χ0) is 21.1. The number of fused-ring (bicyclic) bond motifs is 1. The van der Waals surface area contributed by atoms with Gasteiger partial charge >= 0.3 is 5.97 Å². The van der Waals surface area contributed by atoms with Crippen molar-refractivity contribution in [1.29, 1.82) is 0 Å². The Hall–Kier alpha value is -3.28. The Labute approximate surface area is 182 Å². The lowest BCUT2D eigenvalue weighted by Crippen LogP contribution is -2.08. The van der Waals surface area contributed by atoms with Crippen molar-refractivity contribution < 1.29 is 23.8 Å². The summed E-state index contributed by atoms with van der Waals surface area (Å²) in [6.45, 7) is 0.127. The van der Waals surface area contributed by atoms with E-state index < -0.39 is 5.97 Å². The molecule has 0 fully saturated rings. The van der Waals surface area contributed by atoms with Crippen molar-refractivity contribution in [3.63, 3.8) is 0 Å². The molecule has 0 spiro atoms. The Bertz CT molecular complexity index is 1150. The van der Waals surface area contributed by atoms with Gasteiger partial charge in [0.1, 0.15) is 5.75 Å². The summed E-state index contributed by atoms with van der Waals surface area (Å²) in [5, 5.41) is 0.978. The molecule has 30 heavy (non-hydrogen) atoms. The minimum atomic E-state index is -0.537. The fourth-order valence-electron chi connectivity index (χ4n) is 2.78. The Kier molecular flexibility index (Phi) is 5.74. The van der Waals surface area contributed by atoms with E-state index in [2.05, 4.69) is 0 Å². The van der Waals surface area contributed by atoms with Gasteiger partial charge in [0.05, 0.1) is 5.56 Å². The van der Waals surface area contributed by atoms with E-state index in [1.165, 1.54) is 6.08 Å². The molecule has 0 aromatic heterocycles. The van der Waals surface area contributed by atoms with Crippen molar-refractivity contribution in [2.45, 2.75) is 0 Å². The molecular formula is C23H14Cl2O5. The molecule has 1 aliphatic rings. The van der Waals surface area contributed by atoms with Crippen LogP contribution in [0.4, 0.5) is 0 Å². The molecule has 3 aromatic rings. The van der Waals surface area contributed by atoms with Gasteiger partial charge in [-0.3, -0.25) is 4.79 Å². The summed E-state index contributed by atoms with van der Waals surface area (Å²) in [4.78, 5) is 24.7. The van der Waals surface area contributed by atoms with Gasteiger partial charge in [-0.25, -0.2) is 4.79 Å². The largest absolute Gasteiger partial charge is 0.454 e. The van der Waals surface area contributed by atoms with Crippen LogP contribution in [0, 0.1) is 0 Å². The van der Waals surface area contributed by atoms with Crippen LogP contribution < -0.4 is 14.2 Å². The molecule has 0 atom stereocenters. The van der Waals surface area contributed by atoms with Crippen molar-refractivity contribution in [3.8, 4) is 17.2 Å². The summed E-state index contributed by atoms with van der Waals surface area (Å²) < 4.78 is 15.8. The zero-order valence-corrected chi connectivity index (χ0v) is 16.9. The van der Waals surface area contributed by atoms with Crippen LogP contribution in [0.3, 0.4) is 0 Å². The smallest absolute Gasteiger partial charge is 0.343 e. The molecule has 0 saturated heterocycles. The Morgan fingerprint density at radius 2 is 1.60 bits per heavy atom. The normalized spacial score (nSPS) is 12.2. The lowest BCUT2D eigenvalue weighted by molar-refractivity contribution is 0.0734. The number of halogens is 2. The Morgan fingerprint density at radius 1 is 0.867 bits per heavy atom. The maximum atomic E-state index is 12.4. The number of allylic oxidation sites excluding steroid dienone is 1. The molecule has 0 bridgehead atoms. The van der Waals surface area contributed by atoms with Crippen molar-refractivity contribution in [1.82, 2.24) is 0 Å². The van der Waals surface area contributed by atoms with Crippen LogP contribution in [0.1, 0.15) is 26.3 Å². The number of hydrogen-bond acceptors (Lipinski definition) is 5. The van der Waals surface area contributed by atoms with E-state index in [4.69, 9.17) is 37.4 Å². The quantitative estimate of drug-likeness (QED) is 0.216. The maximum Gasteiger partial charge on any atom is 0.343 e. The first-order chi connectivity index (χ1) is 14.5. The SMILES string of the molecule is O=C(C=Cc1ccc(Cl)cc1Cl)c1ccc(OC(=O)c2ccc3c(c2)OCO3)cc1. The third-order valence-electron chi connectivity index (χ3n) is 4.33. The number of rotatable bonds is 5. The van der Waals surface area contributed by atoms with Crippen molar-refractivity contribution >= 4 is 41.0 Å². The third-order valence-corrected chi connectivity index (χ3v) is 4.90. The van der Waals surface area contributed by atoms with Gasteiger partial charge in [0.25, 0.3) is 0 Å². The van der Waals surface area contributed by atoms with Crippen LogP contribution in [-0.2, 0) is 0 Å². The highest BCUT2D eigenvalue weighted by Crippen LogP contribution is 2.32. The zero-order valence-electron chi connectivity index (χ0n) is 15.4. The van der Waals surface area contributed by atoms with Crippen molar-refractivity contribution in [2.75, 3.05) is 6.79 Å². The number of ketones is 1. The van der Waals surface area contributed by atoms with Gasteiger partial charge < -0.3 is 14.2 Å². The first-order valence-electron chi connectivity index (χ1n) is 8.89. The lowest BCUT2D eigenvalue weighted by atomic mass is 10.1. The van der Waals surface area contributed by atoms with Crippen LogP contribution in [0.25, 0.3) is 6.08 Å². The Morgan fingerprint density at radius 3 is 2.37 bits per heavy atom. The highest BCUT2D eigenvalue weighted by atomic mass is 35.5. The summed E-state index contributed by atoms with van der Waals surface area (Å²) in [6.07, 6.45) is 3.04. The molecule has 0 aliphatic carbocycles. The molecular weight excluding hydrogens is 427 g/mol. The van der Waals surface area contributed by atoms with Gasteiger partial charge in [0, 0.05) is 15.6 Å². The van der Waals surface area contributed by atoms with Gasteiger partial charge in [0.15, 0.2) is 17.3 Å². The van der Waals surface area contributed by atoms with Gasteiger partial charge in [-0.2, -0.15) is 0 Å². The first-order valence-corrected chi connectivity index (χ1v) is 9.64. The van der Waals surface area contributed by atoms with Crippen LogP contribution >= 0.6 is 23.2 Å². The molecule has 0 radical (unpaired) electrons. The van der Waals surface area contributed by atoms with E-state index >= 15 is 0 Å². The number of carbonyl (C=O) groups excluding carboxylic acids is 2. The van der Waals surface area contributed by atoms with Gasteiger partial charge in [-0.15, -0.1) is 0 Å². The molecule has 0 amide bonds. The van der Waals surface area contributed by atoms with E-state index in [0.29, 0.717) is 44.0 Å². The molecule has 0 unspecified atom stereocenters. The minimum absolute atomic E-state index is 0.127. The third kappa shape index (κ3) is 4.48. The van der Waals surface area contributed by atoms with Crippen molar-refractivity contribution in [3.05, 3.63) is 93.5 Å². The highest BCUT2D eigenvalue weighted by Gasteiger charge is 2.17. The number of benzene rings is 3. The van der Waals surface area contributed by atoms with E-state index in [1.807, 2.05) is 0 Å². The lowest BCUT2D eigenvalue weighted by Gasteiger charge is -2.06. The van der Waals surface area contributed by atoms with E-state index in [1.54, 1.807) is 66.7 Å². The summed E-state index contributed by atoms with van der Waals surface area (Å²) in [5.41, 5.74) is 1.46. The summed E-state index contributed by atoms with van der Waals surface area (Å²) in [5.74, 6) is 0.651. The number of esters is 1. The van der Waals surface area contributed by atoms with Crippen molar-refractivity contribution in [2.24, 2.45) is 0 Å². The maximum absolute atomic E-state index is 12.4. The van der Waals surface area contributed by atoms with Gasteiger partial charge in [0.2, 0.25) is 6.79 Å². The van der Waals surface area contributed by atoms with E-state index in [9.17, 15) is 9.59 Å². The molecule has 5 nitrogen and oxygen atoms in total. The molecule has 150 valence electrons. The average molecular weight is 441 g/mol. The Balaban J connectivity index is 1.41. The topological polar surface area (TPSA) is 61.8 Å². The molecule has 7 heteroatoms. The summed E-state index contributed by atoms with van der Waals surface area (Å²) in [6, 6.07) is 16.1. The minimum Gasteiger partial charge on any atom is -0.454 e.